The Hall–Kier alpha value is -1.89. The number of rotatable bonds is 3. The molecule has 0 aliphatic carbocycles. The van der Waals surface area contributed by atoms with Gasteiger partial charge in [0.25, 0.3) is 0 Å². The van der Waals surface area contributed by atoms with E-state index in [2.05, 4.69) is 4.98 Å². The van der Waals surface area contributed by atoms with Gasteiger partial charge < -0.3 is 4.90 Å². The number of alkyl halides is 3. The maximum absolute atomic E-state index is 13.2. The van der Waals surface area contributed by atoms with Crippen molar-refractivity contribution in [1.82, 2.24) is 4.98 Å². The summed E-state index contributed by atoms with van der Waals surface area (Å²) >= 11 is 0. The number of nitrogens with zero attached hydrogens (tertiary/aromatic N) is 2. The lowest BCUT2D eigenvalue weighted by atomic mass is 10.0. The molecule has 2 rings (SSSR count). The third-order valence-corrected chi connectivity index (χ3v) is 3.98. The number of halogens is 3. The van der Waals surface area contributed by atoms with Crippen molar-refractivity contribution in [2.24, 2.45) is 0 Å². The van der Waals surface area contributed by atoms with Crippen LogP contribution >= 0.6 is 0 Å². The fourth-order valence-corrected chi connectivity index (χ4v) is 2.51. The van der Waals surface area contributed by atoms with Crippen LogP contribution in [-0.2, 0) is 17.0 Å². The van der Waals surface area contributed by atoms with Crippen molar-refractivity contribution in [3.8, 4) is 11.1 Å². The van der Waals surface area contributed by atoms with Crippen molar-refractivity contribution in [2.75, 3.05) is 25.3 Å². The molecule has 0 aliphatic rings. The topological polar surface area (TPSA) is 33.2 Å². The SMILES string of the molecule is CN(C)c1ccc(-c2ccc(S(C)=O)nc2)cc1C(F)(F)F. The maximum atomic E-state index is 13.2. The van der Waals surface area contributed by atoms with Crippen LogP contribution in [0.1, 0.15) is 5.56 Å². The third kappa shape index (κ3) is 3.47. The van der Waals surface area contributed by atoms with E-state index in [4.69, 9.17) is 0 Å². The summed E-state index contributed by atoms with van der Waals surface area (Å²) in [4.78, 5) is 5.44. The molecular formula is C15H15F3N2OS. The molecule has 0 bridgehead atoms. The predicted octanol–water partition coefficient (Wildman–Crippen LogP) is 3.57. The highest BCUT2D eigenvalue weighted by Crippen LogP contribution is 2.38. The van der Waals surface area contributed by atoms with Crippen LogP contribution in [0.15, 0.2) is 41.6 Å². The van der Waals surface area contributed by atoms with E-state index in [9.17, 15) is 17.4 Å². The van der Waals surface area contributed by atoms with E-state index >= 15 is 0 Å². The lowest BCUT2D eigenvalue weighted by Crippen LogP contribution is -2.16. The van der Waals surface area contributed by atoms with Gasteiger partial charge in [0.2, 0.25) is 0 Å². The molecule has 0 saturated carbocycles. The van der Waals surface area contributed by atoms with Crippen molar-refractivity contribution in [1.29, 1.82) is 0 Å². The minimum absolute atomic E-state index is 0.107. The normalized spacial score (nSPS) is 13.0. The molecule has 22 heavy (non-hydrogen) atoms. The van der Waals surface area contributed by atoms with Gasteiger partial charge >= 0.3 is 6.18 Å². The molecule has 1 atom stereocenters. The highest BCUT2D eigenvalue weighted by Gasteiger charge is 2.34. The van der Waals surface area contributed by atoms with Crippen molar-refractivity contribution in [2.45, 2.75) is 11.2 Å². The van der Waals surface area contributed by atoms with Gasteiger partial charge in [-0.1, -0.05) is 12.1 Å². The lowest BCUT2D eigenvalue weighted by Gasteiger charge is -2.20. The molecule has 1 unspecified atom stereocenters. The molecule has 0 saturated heterocycles. The van der Waals surface area contributed by atoms with E-state index in [1.165, 1.54) is 23.4 Å². The fraction of sp³-hybridized carbons (Fsp3) is 0.267. The zero-order valence-electron chi connectivity index (χ0n) is 12.3. The molecule has 0 aliphatic heterocycles. The van der Waals surface area contributed by atoms with Crippen molar-refractivity contribution in [3.05, 3.63) is 42.1 Å². The van der Waals surface area contributed by atoms with Gasteiger partial charge in [-0.25, -0.2) is 4.98 Å². The first-order valence-corrected chi connectivity index (χ1v) is 7.94. The van der Waals surface area contributed by atoms with Gasteiger partial charge in [0.05, 0.1) is 16.4 Å². The average Bonchev–Trinajstić information content (AvgIpc) is 2.45. The fourth-order valence-electron chi connectivity index (χ4n) is 2.05. The Balaban J connectivity index is 2.50. The van der Waals surface area contributed by atoms with Gasteiger partial charge in [0.15, 0.2) is 0 Å². The standard InChI is InChI=1S/C15H15F3N2OS/c1-20(2)13-6-4-10(8-12(13)15(16,17)18)11-5-7-14(19-9-11)22(3)21/h4-9H,1-3H3. The van der Waals surface area contributed by atoms with E-state index in [1.54, 1.807) is 32.3 Å². The molecule has 118 valence electrons. The molecule has 1 aromatic heterocycles. The Morgan fingerprint density at radius 2 is 1.73 bits per heavy atom. The van der Waals surface area contributed by atoms with Gasteiger partial charge in [0.1, 0.15) is 5.03 Å². The summed E-state index contributed by atoms with van der Waals surface area (Å²) in [6, 6.07) is 7.33. The predicted molar refractivity (Wildman–Crippen MR) is 81.3 cm³/mol. The summed E-state index contributed by atoms with van der Waals surface area (Å²) in [6.45, 7) is 0. The third-order valence-electron chi connectivity index (χ3n) is 3.15. The summed E-state index contributed by atoms with van der Waals surface area (Å²) in [7, 11) is 1.91. The second-order valence-electron chi connectivity index (χ2n) is 4.96. The average molecular weight is 328 g/mol. The molecule has 0 amide bonds. The van der Waals surface area contributed by atoms with Crippen LogP contribution < -0.4 is 4.90 Å². The molecule has 1 heterocycles. The van der Waals surface area contributed by atoms with Crippen LogP contribution in [0.4, 0.5) is 18.9 Å². The molecule has 0 fully saturated rings. The quantitative estimate of drug-likeness (QED) is 0.863. The summed E-state index contributed by atoms with van der Waals surface area (Å²) < 4.78 is 50.9. The Morgan fingerprint density at radius 3 is 2.18 bits per heavy atom. The molecule has 1 aromatic carbocycles. The van der Waals surface area contributed by atoms with Crippen molar-refractivity contribution < 1.29 is 17.4 Å². The van der Waals surface area contributed by atoms with Crippen LogP contribution in [0.25, 0.3) is 11.1 Å². The number of aromatic nitrogens is 1. The second kappa shape index (κ2) is 6.08. The van der Waals surface area contributed by atoms with Crippen molar-refractivity contribution in [3.63, 3.8) is 0 Å². The molecule has 7 heteroatoms. The van der Waals surface area contributed by atoms with Gasteiger partial charge in [-0.2, -0.15) is 13.2 Å². The van der Waals surface area contributed by atoms with E-state index in [1.807, 2.05) is 0 Å². The second-order valence-corrected chi connectivity index (χ2v) is 6.29. The maximum Gasteiger partial charge on any atom is 0.418 e. The Morgan fingerprint density at radius 1 is 1.09 bits per heavy atom. The molecule has 2 aromatic rings. The first kappa shape index (κ1) is 16.5. The van der Waals surface area contributed by atoms with E-state index in [0.29, 0.717) is 16.2 Å². The summed E-state index contributed by atoms with van der Waals surface area (Å²) in [6.07, 6.45) is -1.51. The summed E-state index contributed by atoms with van der Waals surface area (Å²) in [5.74, 6) is 0. The van der Waals surface area contributed by atoms with Gasteiger partial charge in [-0.15, -0.1) is 0 Å². The smallest absolute Gasteiger partial charge is 0.377 e. The highest BCUT2D eigenvalue weighted by molar-refractivity contribution is 7.84. The van der Waals surface area contributed by atoms with Crippen LogP contribution in [0.2, 0.25) is 0 Å². The molecule has 0 N–H and O–H groups in total. The lowest BCUT2D eigenvalue weighted by molar-refractivity contribution is -0.137. The highest BCUT2D eigenvalue weighted by atomic mass is 32.2. The Kier molecular flexibility index (Phi) is 4.55. The van der Waals surface area contributed by atoms with Crippen LogP contribution in [-0.4, -0.2) is 29.5 Å². The van der Waals surface area contributed by atoms with Crippen LogP contribution in [0.5, 0.6) is 0 Å². The minimum Gasteiger partial charge on any atom is -0.377 e. The number of anilines is 1. The van der Waals surface area contributed by atoms with E-state index in [0.717, 1.165) is 6.07 Å². The zero-order valence-corrected chi connectivity index (χ0v) is 13.1. The van der Waals surface area contributed by atoms with Gasteiger partial charge in [0, 0.05) is 37.8 Å². The van der Waals surface area contributed by atoms with E-state index in [-0.39, 0.29) is 5.69 Å². The largest absolute Gasteiger partial charge is 0.418 e. The summed E-state index contributed by atoms with van der Waals surface area (Å²) in [5.41, 5.74) is 0.373. The Labute approximate surface area is 129 Å². The molecule has 0 radical (unpaired) electrons. The van der Waals surface area contributed by atoms with Gasteiger partial charge in [-0.3, -0.25) is 4.21 Å². The van der Waals surface area contributed by atoms with Crippen molar-refractivity contribution >= 4 is 16.5 Å². The van der Waals surface area contributed by atoms with Crippen LogP contribution in [0, 0.1) is 0 Å². The number of benzene rings is 1. The summed E-state index contributed by atoms with van der Waals surface area (Å²) in [5, 5.41) is 0.393. The zero-order chi connectivity index (χ0) is 16.5. The number of pyridine rings is 1. The van der Waals surface area contributed by atoms with Gasteiger partial charge in [-0.05, 0) is 23.8 Å². The molecule has 0 spiro atoms. The minimum atomic E-state index is -4.44. The molecular weight excluding hydrogens is 313 g/mol. The number of hydrogen-bond acceptors (Lipinski definition) is 3. The first-order valence-electron chi connectivity index (χ1n) is 6.38. The monoisotopic (exact) mass is 328 g/mol. The molecule has 3 nitrogen and oxygen atoms in total. The first-order chi connectivity index (χ1) is 10.2. The number of hydrogen-bond donors (Lipinski definition) is 0. The Bertz CT molecular complexity index is 697. The van der Waals surface area contributed by atoms with E-state index < -0.39 is 22.5 Å². The van der Waals surface area contributed by atoms with Crippen LogP contribution in [0.3, 0.4) is 0 Å².